The molecule has 6 heteroatoms. The van der Waals surface area contributed by atoms with Gasteiger partial charge < -0.3 is 4.74 Å². The van der Waals surface area contributed by atoms with Crippen molar-refractivity contribution in [3.8, 4) is 0 Å². The Labute approximate surface area is 115 Å². The number of carbonyl (C=O) groups excluding carboxylic acids is 2. The Morgan fingerprint density at radius 3 is 2.80 bits per heavy atom. The summed E-state index contributed by atoms with van der Waals surface area (Å²) in [7, 11) is 1.23. The summed E-state index contributed by atoms with van der Waals surface area (Å²) in [5.41, 5.74) is 0.427. The van der Waals surface area contributed by atoms with Crippen LogP contribution in [0.1, 0.15) is 12.8 Å². The lowest BCUT2D eigenvalue weighted by Crippen LogP contribution is -2.22. The molecule has 0 saturated heterocycles. The van der Waals surface area contributed by atoms with Crippen LogP contribution in [-0.2, 0) is 20.9 Å². The normalized spacial score (nSPS) is 10.4. The predicted molar refractivity (Wildman–Crippen MR) is 72.3 cm³/mol. The Morgan fingerprint density at radius 1 is 1.30 bits per heavy atom. The number of rotatable bonds is 5. The van der Waals surface area contributed by atoms with Crippen LogP contribution in [-0.4, -0.2) is 28.4 Å². The minimum Gasteiger partial charge on any atom is -0.469 e. The van der Waals surface area contributed by atoms with E-state index >= 15 is 0 Å². The largest absolute Gasteiger partial charge is 0.469 e. The summed E-state index contributed by atoms with van der Waals surface area (Å²) in [5, 5.41) is 0.510. The van der Waals surface area contributed by atoms with Gasteiger partial charge in [-0.3, -0.25) is 19.0 Å². The van der Waals surface area contributed by atoms with Gasteiger partial charge in [0.15, 0.2) is 0 Å². The molecule has 0 amide bonds. The second-order valence-corrected chi connectivity index (χ2v) is 4.30. The average molecular weight is 274 g/mol. The SMILES string of the molecule is COC(=O)CC(=O)CCn1cnc2ccccc2c1=O. The molecule has 1 aromatic heterocycles. The van der Waals surface area contributed by atoms with E-state index in [-0.39, 0.29) is 30.7 Å². The van der Waals surface area contributed by atoms with Crippen LogP contribution in [0.4, 0.5) is 0 Å². The molecule has 2 aromatic rings. The van der Waals surface area contributed by atoms with Crippen LogP contribution < -0.4 is 5.56 Å². The van der Waals surface area contributed by atoms with E-state index in [2.05, 4.69) is 9.72 Å². The Kier molecular flexibility index (Phi) is 4.24. The van der Waals surface area contributed by atoms with Crippen molar-refractivity contribution >= 4 is 22.7 Å². The number of ketones is 1. The molecule has 0 fully saturated rings. The van der Waals surface area contributed by atoms with Crippen LogP contribution in [0, 0.1) is 0 Å². The molecule has 0 aliphatic heterocycles. The number of hydrogen-bond acceptors (Lipinski definition) is 5. The summed E-state index contributed by atoms with van der Waals surface area (Å²) in [6.45, 7) is 0.201. The highest BCUT2D eigenvalue weighted by atomic mass is 16.5. The highest BCUT2D eigenvalue weighted by Gasteiger charge is 2.10. The maximum absolute atomic E-state index is 12.1. The first-order valence-corrected chi connectivity index (χ1v) is 6.14. The second kappa shape index (κ2) is 6.10. The van der Waals surface area contributed by atoms with Crippen molar-refractivity contribution in [1.29, 1.82) is 0 Å². The molecule has 0 aliphatic rings. The van der Waals surface area contributed by atoms with E-state index in [4.69, 9.17) is 0 Å². The molecule has 1 heterocycles. The molecule has 6 nitrogen and oxygen atoms in total. The van der Waals surface area contributed by atoms with Gasteiger partial charge in [0.2, 0.25) is 0 Å². The van der Waals surface area contributed by atoms with Crippen molar-refractivity contribution < 1.29 is 14.3 Å². The Bertz CT molecular complexity index is 706. The fourth-order valence-corrected chi connectivity index (χ4v) is 1.83. The summed E-state index contributed by atoms with van der Waals surface area (Å²) in [5.74, 6) is -0.837. The van der Waals surface area contributed by atoms with Crippen molar-refractivity contribution in [1.82, 2.24) is 9.55 Å². The Balaban J connectivity index is 2.11. The van der Waals surface area contributed by atoms with E-state index in [0.29, 0.717) is 10.9 Å². The molecule has 0 N–H and O–H groups in total. The lowest BCUT2D eigenvalue weighted by atomic mass is 10.2. The number of ether oxygens (including phenoxy) is 1. The zero-order valence-electron chi connectivity index (χ0n) is 11.0. The van der Waals surface area contributed by atoms with E-state index in [9.17, 15) is 14.4 Å². The lowest BCUT2D eigenvalue weighted by Gasteiger charge is -2.05. The van der Waals surface area contributed by atoms with E-state index < -0.39 is 5.97 Å². The first kappa shape index (κ1) is 13.9. The van der Waals surface area contributed by atoms with Crippen LogP contribution in [0.5, 0.6) is 0 Å². The number of Topliss-reactive ketones (excluding diaryl/α,β-unsaturated/α-hetero) is 1. The Morgan fingerprint density at radius 2 is 2.05 bits per heavy atom. The molecule has 0 bridgehead atoms. The number of nitrogens with zero attached hydrogens (tertiary/aromatic N) is 2. The third-order valence-corrected chi connectivity index (χ3v) is 2.93. The number of hydrogen-bond donors (Lipinski definition) is 0. The molecule has 0 atom stereocenters. The molecule has 2 rings (SSSR count). The zero-order chi connectivity index (χ0) is 14.5. The number of methoxy groups -OCH3 is 1. The number of aryl methyl sites for hydroxylation is 1. The summed E-state index contributed by atoms with van der Waals surface area (Å²) in [6.07, 6.45) is 1.23. The minimum absolute atomic E-state index is 0.0923. The van der Waals surface area contributed by atoms with E-state index in [0.717, 1.165) is 0 Å². The van der Waals surface area contributed by atoms with Gasteiger partial charge in [-0.15, -0.1) is 0 Å². The summed E-state index contributed by atoms with van der Waals surface area (Å²) < 4.78 is 5.79. The molecular weight excluding hydrogens is 260 g/mol. The monoisotopic (exact) mass is 274 g/mol. The van der Waals surface area contributed by atoms with Gasteiger partial charge in [-0.2, -0.15) is 0 Å². The molecule has 0 aliphatic carbocycles. The molecule has 104 valence electrons. The molecule has 0 unspecified atom stereocenters. The van der Waals surface area contributed by atoms with E-state index in [1.54, 1.807) is 24.3 Å². The third kappa shape index (κ3) is 3.09. The van der Waals surface area contributed by atoms with Gasteiger partial charge in [0.1, 0.15) is 12.2 Å². The van der Waals surface area contributed by atoms with Crippen LogP contribution in [0.2, 0.25) is 0 Å². The standard InChI is InChI=1S/C14H14N2O4/c1-20-13(18)8-10(17)6-7-16-9-15-12-5-3-2-4-11(12)14(16)19/h2-5,9H,6-8H2,1H3. The quantitative estimate of drug-likeness (QED) is 0.598. The minimum atomic E-state index is -0.570. The first-order chi connectivity index (χ1) is 9.61. The van der Waals surface area contributed by atoms with Crippen molar-refractivity contribution in [2.75, 3.05) is 7.11 Å². The van der Waals surface area contributed by atoms with Crippen molar-refractivity contribution in [3.05, 3.63) is 40.9 Å². The van der Waals surface area contributed by atoms with Crippen molar-refractivity contribution in [3.63, 3.8) is 0 Å². The predicted octanol–water partition coefficient (Wildman–Crippen LogP) is 0.919. The van der Waals surface area contributed by atoms with Crippen LogP contribution in [0.25, 0.3) is 10.9 Å². The van der Waals surface area contributed by atoms with Crippen LogP contribution >= 0.6 is 0 Å². The van der Waals surface area contributed by atoms with Crippen LogP contribution in [0.3, 0.4) is 0 Å². The van der Waals surface area contributed by atoms with Crippen molar-refractivity contribution in [2.24, 2.45) is 0 Å². The number of esters is 1. The third-order valence-electron chi connectivity index (χ3n) is 2.93. The zero-order valence-corrected chi connectivity index (χ0v) is 11.0. The second-order valence-electron chi connectivity index (χ2n) is 4.30. The smallest absolute Gasteiger partial charge is 0.313 e. The molecule has 20 heavy (non-hydrogen) atoms. The number of para-hydroxylation sites is 1. The summed E-state index contributed by atoms with van der Waals surface area (Å²) >= 11 is 0. The molecule has 0 saturated carbocycles. The van der Waals surface area contributed by atoms with Gasteiger partial charge in [-0.25, -0.2) is 4.98 Å². The van der Waals surface area contributed by atoms with Gasteiger partial charge in [0.25, 0.3) is 5.56 Å². The molecule has 1 aromatic carbocycles. The van der Waals surface area contributed by atoms with Gasteiger partial charge in [0.05, 0.1) is 24.3 Å². The van der Waals surface area contributed by atoms with Gasteiger partial charge in [-0.05, 0) is 12.1 Å². The number of benzene rings is 1. The van der Waals surface area contributed by atoms with Gasteiger partial charge in [-0.1, -0.05) is 12.1 Å². The highest BCUT2D eigenvalue weighted by Crippen LogP contribution is 2.05. The molecule has 0 radical (unpaired) electrons. The number of carbonyl (C=O) groups is 2. The van der Waals surface area contributed by atoms with E-state index in [1.807, 2.05) is 0 Å². The molecular formula is C14H14N2O4. The number of aromatic nitrogens is 2. The molecule has 0 spiro atoms. The number of fused-ring (bicyclic) bond motifs is 1. The van der Waals surface area contributed by atoms with E-state index in [1.165, 1.54) is 18.0 Å². The van der Waals surface area contributed by atoms with Crippen LogP contribution in [0.15, 0.2) is 35.4 Å². The fourth-order valence-electron chi connectivity index (χ4n) is 1.83. The van der Waals surface area contributed by atoms with Gasteiger partial charge in [0, 0.05) is 13.0 Å². The fraction of sp³-hybridized carbons (Fsp3) is 0.286. The maximum atomic E-state index is 12.1. The first-order valence-electron chi connectivity index (χ1n) is 6.14. The Hall–Kier alpha value is -2.50. The summed E-state index contributed by atoms with van der Waals surface area (Å²) in [6, 6.07) is 7.01. The summed E-state index contributed by atoms with van der Waals surface area (Å²) in [4.78, 5) is 38.8. The maximum Gasteiger partial charge on any atom is 0.313 e. The average Bonchev–Trinajstić information content (AvgIpc) is 2.46. The van der Waals surface area contributed by atoms with Gasteiger partial charge >= 0.3 is 5.97 Å². The lowest BCUT2D eigenvalue weighted by molar-refractivity contribution is -0.143. The topological polar surface area (TPSA) is 78.3 Å². The van der Waals surface area contributed by atoms with Crippen molar-refractivity contribution in [2.45, 2.75) is 19.4 Å². The highest BCUT2D eigenvalue weighted by molar-refractivity contribution is 5.95.